The zero-order chi connectivity index (χ0) is 48.9. The maximum Gasteiger partial charge on any atom is 0.306 e. The highest BCUT2D eigenvalue weighted by atomic mass is 32.2. The van der Waals surface area contributed by atoms with Gasteiger partial charge in [-0.05, 0) is 95.7 Å². The molecule has 0 radical (unpaired) electrons. The van der Waals surface area contributed by atoms with E-state index in [0.717, 1.165) is 37.1 Å². The molecule has 9 nitrogen and oxygen atoms in total. The molecule has 0 saturated carbocycles. The van der Waals surface area contributed by atoms with Crippen molar-refractivity contribution in [2.45, 2.75) is 76.5 Å². The Morgan fingerprint density at radius 1 is 0.826 bits per heavy atom. The van der Waals surface area contributed by atoms with Crippen molar-refractivity contribution in [1.29, 1.82) is 0 Å². The highest BCUT2D eigenvalue weighted by Crippen LogP contribution is 2.42. The molecular formula is C56H55F2N3O6SSi. The van der Waals surface area contributed by atoms with Crippen molar-refractivity contribution in [3.05, 3.63) is 205 Å². The summed E-state index contributed by atoms with van der Waals surface area (Å²) in [5.41, 5.74) is 3.60. The van der Waals surface area contributed by atoms with Crippen LogP contribution in [0.3, 0.4) is 0 Å². The van der Waals surface area contributed by atoms with E-state index >= 15 is 8.78 Å². The van der Waals surface area contributed by atoms with E-state index in [1.807, 2.05) is 67.6 Å². The van der Waals surface area contributed by atoms with Crippen LogP contribution in [-0.2, 0) is 37.0 Å². The summed E-state index contributed by atoms with van der Waals surface area (Å²) in [6.07, 6.45) is 6.26. The van der Waals surface area contributed by atoms with Gasteiger partial charge in [0, 0.05) is 41.4 Å². The van der Waals surface area contributed by atoms with Crippen molar-refractivity contribution in [2.75, 3.05) is 6.61 Å². The average Bonchev–Trinajstić information content (AvgIpc) is 4.01. The molecule has 1 atom stereocenters. The van der Waals surface area contributed by atoms with Gasteiger partial charge in [0.1, 0.15) is 11.6 Å². The lowest BCUT2D eigenvalue weighted by atomic mass is 9.99. The van der Waals surface area contributed by atoms with Crippen molar-refractivity contribution in [1.82, 2.24) is 13.8 Å². The zero-order valence-corrected chi connectivity index (χ0v) is 41.2. The molecule has 0 spiro atoms. The number of esters is 1. The van der Waals surface area contributed by atoms with E-state index in [2.05, 4.69) is 51.6 Å². The molecule has 0 saturated heterocycles. The van der Waals surface area contributed by atoms with Gasteiger partial charge in [0.25, 0.3) is 18.3 Å². The number of fused-ring (bicyclic) bond motifs is 1. The molecule has 1 unspecified atom stereocenters. The standard InChI is InChI=1S/C56H55F2N3O6SSi/c1-7-16-52(41-18-15-17-40(35-41)25-30-54(62)65-8-2)60-33-32-51(59-60)47-36-42(26-29-49(47)57)67-55-48(38-66-69(56(4,5)6,44-19-11-9-12-20-44)45-21-13-10-14-22-45)46-31-34-61(53(46)37-50(55)58)68(63,64)43-27-23-39(3)24-28-43/h7,9-15,17-24,26-29,31-37,52H,1,8,16,25,30,38H2,2-6H3. The molecule has 8 aromatic rings. The van der Waals surface area contributed by atoms with Gasteiger partial charge in [-0.3, -0.25) is 9.48 Å². The van der Waals surface area contributed by atoms with Gasteiger partial charge in [-0.15, -0.1) is 6.58 Å². The van der Waals surface area contributed by atoms with Crippen LogP contribution in [0.4, 0.5) is 8.78 Å². The van der Waals surface area contributed by atoms with Crippen LogP contribution >= 0.6 is 0 Å². The fourth-order valence-electron chi connectivity index (χ4n) is 9.03. The molecular weight excluding hydrogens is 909 g/mol. The van der Waals surface area contributed by atoms with Gasteiger partial charge in [-0.25, -0.2) is 21.2 Å². The minimum Gasteiger partial charge on any atom is -0.466 e. The van der Waals surface area contributed by atoms with E-state index in [4.69, 9.17) is 19.0 Å². The molecule has 0 amide bonds. The predicted octanol–water partition coefficient (Wildman–Crippen LogP) is 11.9. The number of carbonyl (C=O) groups is 1. The van der Waals surface area contributed by atoms with Gasteiger partial charge < -0.3 is 13.9 Å². The fraction of sp³-hybridized carbons (Fsp3) is 0.214. The van der Waals surface area contributed by atoms with Crippen LogP contribution in [0.1, 0.15) is 68.8 Å². The number of ether oxygens (including phenoxy) is 2. The number of rotatable bonds is 18. The Balaban J connectivity index is 1.20. The smallest absolute Gasteiger partial charge is 0.306 e. The number of hydrogen-bond donors (Lipinski definition) is 0. The Kier molecular flexibility index (Phi) is 14.3. The highest BCUT2D eigenvalue weighted by molar-refractivity contribution is 7.90. The van der Waals surface area contributed by atoms with E-state index in [0.29, 0.717) is 30.5 Å². The lowest BCUT2D eigenvalue weighted by Gasteiger charge is -2.43. The molecule has 0 N–H and O–H groups in total. The molecule has 0 bridgehead atoms. The summed E-state index contributed by atoms with van der Waals surface area (Å²) in [6.45, 7) is 14.2. The minimum atomic E-state index is -4.17. The van der Waals surface area contributed by atoms with Crippen molar-refractivity contribution < 1.29 is 35.9 Å². The van der Waals surface area contributed by atoms with Crippen LogP contribution < -0.4 is 15.1 Å². The molecule has 69 heavy (non-hydrogen) atoms. The molecule has 0 aliphatic rings. The van der Waals surface area contributed by atoms with Gasteiger partial charge in [0.15, 0.2) is 11.6 Å². The van der Waals surface area contributed by atoms with Crippen molar-refractivity contribution in [2.24, 2.45) is 0 Å². The molecule has 8 rings (SSSR count). The Hall–Kier alpha value is -6.93. The lowest BCUT2D eigenvalue weighted by molar-refractivity contribution is -0.143. The van der Waals surface area contributed by atoms with E-state index < -0.39 is 35.0 Å². The molecule has 0 fully saturated rings. The third kappa shape index (κ3) is 9.99. The largest absolute Gasteiger partial charge is 0.466 e. The number of carbonyl (C=O) groups excluding carboxylic acids is 1. The van der Waals surface area contributed by atoms with Crippen molar-refractivity contribution >= 4 is 45.6 Å². The SMILES string of the molecule is C=CCC(c1cccc(CCC(=O)OCC)c1)n1ccc(-c2cc(Oc3c(F)cc4c(ccn4S(=O)(=O)c4ccc(C)cc4)c3CO[Si](c3ccccc3)(c3ccccc3)C(C)(C)C)ccc2F)n1. The summed E-state index contributed by atoms with van der Waals surface area (Å²) in [5, 5.41) is 6.78. The fourth-order valence-corrected chi connectivity index (χ4v) is 14.9. The summed E-state index contributed by atoms with van der Waals surface area (Å²) < 4.78 is 83.3. The van der Waals surface area contributed by atoms with Crippen LogP contribution in [0, 0.1) is 18.6 Å². The predicted molar refractivity (Wildman–Crippen MR) is 270 cm³/mol. The third-order valence-corrected chi connectivity index (χ3v) is 19.1. The number of allylic oxidation sites excluding steroid dienone is 1. The first kappa shape index (κ1) is 48.5. The second-order valence-electron chi connectivity index (χ2n) is 18.0. The quantitative estimate of drug-likeness (QED) is 0.0479. The number of halogens is 2. The van der Waals surface area contributed by atoms with Gasteiger partial charge >= 0.3 is 5.97 Å². The first-order chi connectivity index (χ1) is 33.1. The first-order valence-corrected chi connectivity index (χ1v) is 26.3. The zero-order valence-electron chi connectivity index (χ0n) is 39.4. The molecule has 354 valence electrons. The maximum atomic E-state index is 17.1. The topological polar surface area (TPSA) is 102 Å². The summed E-state index contributed by atoms with van der Waals surface area (Å²) in [5.74, 6) is -1.74. The molecule has 6 aromatic carbocycles. The molecule has 0 aliphatic heterocycles. The van der Waals surface area contributed by atoms with Crippen LogP contribution in [0.25, 0.3) is 22.2 Å². The van der Waals surface area contributed by atoms with E-state index in [1.54, 1.807) is 48.1 Å². The Morgan fingerprint density at radius 2 is 1.52 bits per heavy atom. The Morgan fingerprint density at radius 3 is 2.17 bits per heavy atom. The normalized spacial score (nSPS) is 12.5. The summed E-state index contributed by atoms with van der Waals surface area (Å²) in [7, 11) is -7.41. The number of hydrogen-bond acceptors (Lipinski definition) is 7. The average molecular weight is 964 g/mol. The van der Waals surface area contributed by atoms with E-state index in [-0.39, 0.29) is 58.1 Å². The number of aryl methyl sites for hydroxylation is 2. The second kappa shape index (κ2) is 20.3. The third-order valence-electron chi connectivity index (χ3n) is 12.4. The van der Waals surface area contributed by atoms with Gasteiger partial charge in [-0.1, -0.05) is 129 Å². The van der Waals surface area contributed by atoms with Crippen molar-refractivity contribution in [3.63, 3.8) is 0 Å². The monoisotopic (exact) mass is 963 g/mol. The Bertz CT molecular complexity index is 3180. The number of nitrogens with zero attached hydrogens (tertiary/aromatic N) is 3. The molecule has 2 heterocycles. The van der Waals surface area contributed by atoms with Gasteiger partial charge in [0.05, 0.1) is 35.4 Å². The maximum absolute atomic E-state index is 17.1. The molecule has 2 aromatic heterocycles. The summed E-state index contributed by atoms with van der Waals surface area (Å²) >= 11 is 0. The van der Waals surface area contributed by atoms with Gasteiger partial charge in [-0.2, -0.15) is 5.10 Å². The highest BCUT2D eigenvalue weighted by Gasteiger charge is 2.50. The van der Waals surface area contributed by atoms with Crippen LogP contribution in [0.15, 0.2) is 176 Å². The molecule has 0 aliphatic carbocycles. The van der Waals surface area contributed by atoms with E-state index in [1.165, 1.54) is 36.5 Å². The summed E-state index contributed by atoms with van der Waals surface area (Å²) in [4.78, 5) is 12.1. The van der Waals surface area contributed by atoms with E-state index in [9.17, 15) is 13.2 Å². The summed E-state index contributed by atoms with van der Waals surface area (Å²) in [6, 6.07) is 42.7. The number of benzene rings is 6. The van der Waals surface area contributed by atoms with Gasteiger partial charge in [0.2, 0.25) is 0 Å². The first-order valence-electron chi connectivity index (χ1n) is 22.9. The van der Waals surface area contributed by atoms with Crippen LogP contribution in [-0.4, -0.2) is 43.1 Å². The Labute approximate surface area is 403 Å². The lowest BCUT2D eigenvalue weighted by Crippen LogP contribution is -2.66. The van der Waals surface area contributed by atoms with Crippen LogP contribution in [0.5, 0.6) is 11.5 Å². The minimum absolute atomic E-state index is 0.0492. The molecule has 13 heteroatoms. The second-order valence-corrected chi connectivity index (χ2v) is 24.1. The van der Waals surface area contributed by atoms with Crippen molar-refractivity contribution in [3.8, 4) is 22.8 Å². The number of aromatic nitrogens is 3. The van der Waals surface area contributed by atoms with Crippen LogP contribution in [0.2, 0.25) is 5.04 Å².